The number of para-hydroxylation sites is 2. The second kappa shape index (κ2) is 3.34. The Morgan fingerprint density at radius 3 is 2.75 bits per heavy atom. The molecule has 3 rings (SSSR count). The van der Waals surface area contributed by atoms with E-state index in [9.17, 15) is 4.79 Å². The van der Waals surface area contributed by atoms with E-state index < -0.39 is 0 Å². The largest absolute Gasteiger partial charge is 0.360 e. The Hall–Kier alpha value is -2.36. The lowest BCUT2D eigenvalue weighted by molar-refractivity contribution is 1.20. The molecule has 0 bridgehead atoms. The monoisotopic (exact) mass is 211 g/mol. The van der Waals surface area contributed by atoms with Crippen LogP contribution in [0.2, 0.25) is 0 Å². The molecular weight excluding hydrogens is 202 g/mol. The predicted molar refractivity (Wildman–Crippen MR) is 62.2 cm³/mol. The van der Waals surface area contributed by atoms with Crippen molar-refractivity contribution in [1.29, 1.82) is 0 Å². The zero-order chi connectivity index (χ0) is 11.0. The van der Waals surface area contributed by atoms with E-state index in [0.29, 0.717) is 5.69 Å². The average Bonchev–Trinajstić information content (AvgIpc) is 2.81. The van der Waals surface area contributed by atoms with Gasteiger partial charge in [-0.15, -0.1) is 0 Å². The zero-order valence-corrected chi connectivity index (χ0v) is 8.40. The lowest BCUT2D eigenvalue weighted by Gasteiger charge is -1.99. The van der Waals surface area contributed by atoms with Crippen molar-refractivity contribution in [2.75, 3.05) is 0 Å². The maximum Gasteiger partial charge on any atom is 0.276 e. The van der Waals surface area contributed by atoms with E-state index in [1.54, 1.807) is 6.20 Å². The third-order valence-corrected chi connectivity index (χ3v) is 2.45. The molecule has 0 aliphatic heterocycles. The van der Waals surface area contributed by atoms with Gasteiger partial charge in [-0.25, -0.2) is 4.98 Å². The van der Waals surface area contributed by atoms with E-state index in [1.807, 2.05) is 36.4 Å². The van der Waals surface area contributed by atoms with Crippen molar-refractivity contribution < 1.29 is 0 Å². The van der Waals surface area contributed by atoms with E-state index >= 15 is 0 Å². The lowest BCUT2D eigenvalue weighted by Crippen LogP contribution is -2.11. The fourth-order valence-corrected chi connectivity index (χ4v) is 1.69. The molecule has 2 N–H and O–H groups in total. The van der Waals surface area contributed by atoms with Crippen molar-refractivity contribution >= 4 is 11.0 Å². The number of aromatic nitrogens is 3. The highest BCUT2D eigenvalue weighted by molar-refractivity contribution is 5.76. The van der Waals surface area contributed by atoms with Crippen LogP contribution < -0.4 is 5.56 Å². The van der Waals surface area contributed by atoms with Gasteiger partial charge in [-0.1, -0.05) is 12.1 Å². The Bertz CT molecular complexity index is 683. The first kappa shape index (κ1) is 8.91. The number of nitrogens with zero attached hydrogens (tertiary/aromatic N) is 1. The third-order valence-electron chi connectivity index (χ3n) is 2.45. The Morgan fingerprint density at radius 2 is 1.94 bits per heavy atom. The van der Waals surface area contributed by atoms with Gasteiger partial charge in [0.05, 0.1) is 16.7 Å². The molecule has 1 aromatic carbocycles. The van der Waals surface area contributed by atoms with Gasteiger partial charge in [-0.2, -0.15) is 0 Å². The molecular formula is C12H9N3O. The number of aromatic amines is 2. The summed E-state index contributed by atoms with van der Waals surface area (Å²) in [6.45, 7) is 0. The van der Waals surface area contributed by atoms with Gasteiger partial charge in [0.15, 0.2) is 5.69 Å². The molecule has 0 aliphatic carbocycles. The van der Waals surface area contributed by atoms with Crippen LogP contribution in [0.25, 0.3) is 22.4 Å². The van der Waals surface area contributed by atoms with Crippen molar-refractivity contribution in [2.24, 2.45) is 0 Å². The topological polar surface area (TPSA) is 61.5 Å². The summed E-state index contributed by atoms with van der Waals surface area (Å²) >= 11 is 0. The lowest BCUT2D eigenvalue weighted by atomic mass is 10.2. The molecule has 0 aliphatic rings. The number of fused-ring (bicyclic) bond motifs is 1. The summed E-state index contributed by atoms with van der Waals surface area (Å²) in [4.78, 5) is 21.9. The van der Waals surface area contributed by atoms with E-state index in [0.717, 1.165) is 16.7 Å². The van der Waals surface area contributed by atoms with Gasteiger partial charge < -0.3 is 9.97 Å². The molecule has 4 heteroatoms. The summed E-state index contributed by atoms with van der Waals surface area (Å²) < 4.78 is 0. The van der Waals surface area contributed by atoms with Gasteiger partial charge >= 0.3 is 0 Å². The number of hydrogen-bond donors (Lipinski definition) is 2. The molecule has 0 saturated carbocycles. The molecule has 0 unspecified atom stereocenters. The van der Waals surface area contributed by atoms with Crippen LogP contribution in [0, 0.1) is 0 Å². The van der Waals surface area contributed by atoms with Crippen LogP contribution in [0.3, 0.4) is 0 Å². The molecule has 0 amide bonds. The molecule has 0 fully saturated rings. The highest BCUT2D eigenvalue weighted by Crippen LogP contribution is 2.13. The minimum absolute atomic E-state index is 0.179. The molecule has 78 valence electrons. The summed E-state index contributed by atoms with van der Waals surface area (Å²) in [6, 6.07) is 11.1. The van der Waals surface area contributed by atoms with Gasteiger partial charge in [0.2, 0.25) is 0 Å². The summed E-state index contributed by atoms with van der Waals surface area (Å²) in [5.41, 5.74) is 2.51. The molecule has 2 aromatic heterocycles. The highest BCUT2D eigenvalue weighted by Gasteiger charge is 2.06. The predicted octanol–water partition coefficient (Wildman–Crippen LogP) is 1.92. The van der Waals surface area contributed by atoms with Crippen LogP contribution in [0.1, 0.15) is 0 Å². The Morgan fingerprint density at radius 1 is 1.06 bits per heavy atom. The first-order valence-corrected chi connectivity index (χ1v) is 4.97. The van der Waals surface area contributed by atoms with Crippen molar-refractivity contribution in [3.63, 3.8) is 0 Å². The van der Waals surface area contributed by atoms with Crippen LogP contribution in [-0.4, -0.2) is 15.0 Å². The van der Waals surface area contributed by atoms with Crippen molar-refractivity contribution in [3.05, 3.63) is 52.9 Å². The SMILES string of the molecule is O=c1[nH]c2ccccc2nc1-c1ccc[nH]1. The minimum atomic E-state index is -0.179. The van der Waals surface area contributed by atoms with Crippen molar-refractivity contribution in [2.45, 2.75) is 0 Å². The van der Waals surface area contributed by atoms with Crippen LogP contribution >= 0.6 is 0 Å². The van der Waals surface area contributed by atoms with Crippen molar-refractivity contribution in [3.8, 4) is 11.4 Å². The van der Waals surface area contributed by atoms with E-state index in [1.165, 1.54) is 0 Å². The summed E-state index contributed by atoms with van der Waals surface area (Å²) in [6.07, 6.45) is 1.77. The van der Waals surface area contributed by atoms with Gasteiger partial charge in [0.1, 0.15) is 0 Å². The summed E-state index contributed by atoms with van der Waals surface area (Å²) in [5, 5.41) is 0. The maximum absolute atomic E-state index is 11.8. The maximum atomic E-state index is 11.8. The molecule has 0 radical (unpaired) electrons. The van der Waals surface area contributed by atoms with Gasteiger partial charge in [-0.3, -0.25) is 4.79 Å². The second-order valence-corrected chi connectivity index (χ2v) is 3.52. The van der Waals surface area contributed by atoms with Crippen LogP contribution in [0.5, 0.6) is 0 Å². The zero-order valence-electron chi connectivity index (χ0n) is 8.40. The molecule has 4 nitrogen and oxygen atoms in total. The number of H-pyrrole nitrogens is 2. The number of nitrogens with one attached hydrogen (secondary N) is 2. The molecule has 0 spiro atoms. The standard InChI is InChI=1S/C12H9N3O/c16-12-11(10-6-3-7-13-10)14-8-4-1-2-5-9(8)15-12/h1-7,13H,(H,15,16). The number of rotatable bonds is 1. The molecule has 16 heavy (non-hydrogen) atoms. The van der Waals surface area contributed by atoms with Crippen LogP contribution in [0.4, 0.5) is 0 Å². The Balaban J connectivity index is 2.34. The van der Waals surface area contributed by atoms with Gasteiger partial charge in [-0.05, 0) is 24.3 Å². The van der Waals surface area contributed by atoms with Crippen molar-refractivity contribution in [1.82, 2.24) is 15.0 Å². The highest BCUT2D eigenvalue weighted by atomic mass is 16.1. The number of benzene rings is 1. The molecule has 3 aromatic rings. The fraction of sp³-hybridized carbons (Fsp3) is 0. The van der Waals surface area contributed by atoms with Gasteiger partial charge in [0, 0.05) is 6.20 Å². The molecule has 2 heterocycles. The van der Waals surface area contributed by atoms with E-state index in [2.05, 4.69) is 15.0 Å². The van der Waals surface area contributed by atoms with Crippen LogP contribution in [0.15, 0.2) is 47.4 Å². The fourth-order valence-electron chi connectivity index (χ4n) is 1.69. The van der Waals surface area contributed by atoms with E-state index in [-0.39, 0.29) is 5.56 Å². The first-order valence-electron chi connectivity index (χ1n) is 4.97. The third kappa shape index (κ3) is 1.32. The van der Waals surface area contributed by atoms with E-state index in [4.69, 9.17) is 0 Å². The van der Waals surface area contributed by atoms with Crippen LogP contribution in [-0.2, 0) is 0 Å². The molecule has 0 saturated heterocycles. The Kier molecular flexibility index (Phi) is 1.86. The second-order valence-electron chi connectivity index (χ2n) is 3.52. The van der Waals surface area contributed by atoms with Gasteiger partial charge in [0.25, 0.3) is 5.56 Å². The summed E-state index contributed by atoms with van der Waals surface area (Å²) in [5.74, 6) is 0. The normalized spacial score (nSPS) is 10.8. The smallest absolute Gasteiger partial charge is 0.276 e. The summed E-state index contributed by atoms with van der Waals surface area (Å²) in [7, 11) is 0. The minimum Gasteiger partial charge on any atom is -0.360 e. The number of hydrogen-bond acceptors (Lipinski definition) is 2. The average molecular weight is 211 g/mol. The first-order chi connectivity index (χ1) is 7.84. The quantitative estimate of drug-likeness (QED) is 0.646. The Labute approximate surface area is 91.0 Å². The molecule has 0 atom stereocenters.